The minimum atomic E-state index is -0.952. The molecule has 0 aromatic heterocycles. The van der Waals surface area contributed by atoms with Crippen molar-refractivity contribution in [2.75, 3.05) is 0 Å². The van der Waals surface area contributed by atoms with Crippen molar-refractivity contribution in [3.8, 4) is 0 Å². The summed E-state index contributed by atoms with van der Waals surface area (Å²) in [5, 5.41) is 0. The minimum absolute atomic E-state index is 0.0807. The average molecular weight is 266 g/mol. The van der Waals surface area contributed by atoms with Gasteiger partial charge in [-0.15, -0.1) is 0 Å². The summed E-state index contributed by atoms with van der Waals surface area (Å²) in [5.74, 6) is 3.14. The Morgan fingerprint density at radius 3 is 2.16 bits per heavy atom. The summed E-state index contributed by atoms with van der Waals surface area (Å²) in [6.45, 7) is 1.48. The van der Waals surface area contributed by atoms with Crippen molar-refractivity contribution in [1.82, 2.24) is 5.43 Å². The first-order valence-electron chi connectivity index (χ1n) is 5.70. The fraction of sp³-hybridized carbons (Fsp3) is 0.143. The van der Waals surface area contributed by atoms with Crippen molar-refractivity contribution < 1.29 is 13.2 Å². The quantitative estimate of drug-likeness (QED) is 0.662. The molecule has 0 aliphatic carbocycles. The van der Waals surface area contributed by atoms with Crippen LogP contribution in [0, 0.1) is 24.4 Å². The second-order valence-electron chi connectivity index (χ2n) is 4.25. The van der Waals surface area contributed by atoms with Crippen molar-refractivity contribution >= 4 is 0 Å². The van der Waals surface area contributed by atoms with Gasteiger partial charge in [-0.1, -0.05) is 24.3 Å². The molecule has 2 aromatic rings. The normalized spacial score (nSPS) is 12.5. The lowest BCUT2D eigenvalue weighted by Gasteiger charge is -2.18. The van der Waals surface area contributed by atoms with Gasteiger partial charge < -0.3 is 0 Å². The van der Waals surface area contributed by atoms with E-state index < -0.39 is 23.5 Å². The van der Waals surface area contributed by atoms with Crippen LogP contribution < -0.4 is 11.3 Å². The lowest BCUT2D eigenvalue weighted by molar-refractivity contribution is 0.478. The smallest absolute Gasteiger partial charge is 0.164 e. The molecule has 0 heterocycles. The molecule has 0 spiro atoms. The van der Waals surface area contributed by atoms with Gasteiger partial charge in [-0.25, -0.2) is 18.6 Å². The van der Waals surface area contributed by atoms with Crippen LogP contribution in [-0.4, -0.2) is 0 Å². The molecule has 1 atom stereocenters. The van der Waals surface area contributed by atoms with Crippen LogP contribution in [0.1, 0.15) is 22.7 Å². The lowest BCUT2D eigenvalue weighted by Crippen LogP contribution is -2.29. The number of halogens is 3. The summed E-state index contributed by atoms with van der Waals surface area (Å²) >= 11 is 0. The molecule has 2 rings (SSSR count). The van der Waals surface area contributed by atoms with Gasteiger partial charge in [0.15, 0.2) is 11.6 Å². The van der Waals surface area contributed by atoms with Gasteiger partial charge in [-0.05, 0) is 30.2 Å². The molecular weight excluding hydrogens is 253 g/mol. The van der Waals surface area contributed by atoms with Crippen LogP contribution in [0.3, 0.4) is 0 Å². The van der Waals surface area contributed by atoms with E-state index in [0.717, 1.165) is 0 Å². The van der Waals surface area contributed by atoms with E-state index in [1.807, 2.05) is 0 Å². The highest BCUT2D eigenvalue weighted by Crippen LogP contribution is 2.26. The molecule has 2 nitrogen and oxygen atoms in total. The number of hydrogen-bond donors (Lipinski definition) is 2. The summed E-state index contributed by atoms with van der Waals surface area (Å²) in [6, 6.07) is 7.61. The van der Waals surface area contributed by atoms with Gasteiger partial charge in [0.05, 0.1) is 6.04 Å². The second-order valence-corrected chi connectivity index (χ2v) is 4.25. The van der Waals surface area contributed by atoms with Crippen molar-refractivity contribution in [2.45, 2.75) is 13.0 Å². The zero-order valence-electron chi connectivity index (χ0n) is 10.3. The van der Waals surface area contributed by atoms with Crippen molar-refractivity contribution in [2.24, 2.45) is 5.84 Å². The molecule has 19 heavy (non-hydrogen) atoms. The van der Waals surface area contributed by atoms with Crippen LogP contribution in [0.4, 0.5) is 13.2 Å². The van der Waals surface area contributed by atoms with Gasteiger partial charge in [-0.2, -0.15) is 0 Å². The van der Waals surface area contributed by atoms with E-state index in [0.29, 0.717) is 5.56 Å². The summed E-state index contributed by atoms with van der Waals surface area (Å²) in [5.41, 5.74) is 3.26. The molecule has 0 amide bonds. The monoisotopic (exact) mass is 266 g/mol. The van der Waals surface area contributed by atoms with Crippen LogP contribution in [0.5, 0.6) is 0 Å². The minimum Gasteiger partial charge on any atom is -0.271 e. The Morgan fingerprint density at radius 2 is 1.58 bits per heavy atom. The summed E-state index contributed by atoms with van der Waals surface area (Å²) in [4.78, 5) is 0. The van der Waals surface area contributed by atoms with Gasteiger partial charge in [0, 0.05) is 5.56 Å². The average Bonchev–Trinajstić information content (AvgIpc) is 2.41. The fourth-order valence-corrected chi connectivity index (χ4v) is 1.90. The Labute approximate surface area is 109 Å². The Balaban J connectivity index is 2.48. The fourth-order valence-electron chi connectivity index (χ4n) is 1.90. The van der Waals surface area contributed by atoms with Crippen molar-refractivity contribution in [1.29, 1.82) is 0 Å². The highest BCUT2D eigenvalue weighted by molar-refractivity contribution is 5.35. The molecular formula is C14H13F3N2. The van der Waals surface area contributed by atoms with E-state index >= 15 is 0 Å². The van der Waals surface area contributed by atoms with Gasteiger partial charge in [0.25, 0.3) is 0 Å². The summed E-state index contributed by atoms with van der Waals surface area (Å²) < 4.78 is 40.4. The number of hydrogen-bond acceptors (Lipinski definition) is 2. The summed E-state index contributed by atoms with van der Waals surface area (Å²) in [6.07, 6.45) is 0. The number of rotatable bonds is 3. The predicted octanol–water partition coefficient (Wildman–Crippen LogP) is 2.97. The van der Waals surface area contributed by atoms with E-state index in [1.165, 1.54) is 43.3 Å². The first-order chi connectivity index (χ1) is 9.04. The van der Waals surface area contributed by atoms with Crippen LogP contribution in [0.25, 0.3) is 0 Å². The Morgan fingerprint density at radius 1 is 0.947 bits per heavy atom. The number of hydrazine groups is 1. The van der Waals surface area contributed by atoms with E-state index in [9.17, 15) is 13.2 Å². The van der Waals surface area contributed by atoms with E-state index in [1.54, 1.807) is 0 Å². The number of benzene rings is 2. The van der Waals surface area contributed by atoms with Gasteiger partial charge in [0.2, 0.25) is 0 Å². The maximum atomic E-state index is 13.9. The first kappa shape index (κ1) is 13.6. The van der Waals surface area contributed by atoms with Crippen LogP contribution in [-0.2, 0) is 0 Å². The second kappa shape index (κ2) is 5.42. The highest BCUT2D eigenvalue weighted by atomic mass is 19.2. The van der Waals surface area contributed by atoms with Crippen LogP contribution >= 0.6 is 0 Å². The molecule has 0 saturated heterocycles. The maximum Gasteiger partial charge on any atom is 0.164 e. The number of nitrogens with one attached hydrogen (secondary N) is 1. The van der Waals surface area contributed by atoms with Gasteiger partial charge in [0.1, 0.15) is 5.82 Å². The van der Waals surface area contributed by atoms with Crippen LogP contribution in [0.2, 0.25) is 0 Å². The zero-order chi connectivity index (χ0) is 14.0. The molecule has 0 aliphatic heterocycles. The maximum absolute atomic E-state index is 13.9. The molecule has 5 heteroatoms. The third kappa shape index (κ3) is 2.62. The summed E-state index contributed by atoms with van der Waals surface area (Å²) in [7, 11) is 0. The van der Waals surface area contributed by atoms with E-state index in [4.69, 9.17) is 5.84 Å². The van der Waals surface area contributed by atoms with Crippen molar-refractivity contribution in [3.05, 3.63) is 70.5 Å². The molecule has 3 N–H and O–H groups in total. The molecule has 0 radical (unpaired) electrons. The van der Waals surface area contributed by atoms with Gasteiger partial charge >= 0.3 is 0 Å². The lowest BCUT2D eigenvalue weighted by atomic mass is 9.97. The SMILES string of the molecule is Cc1ccc(C(NN)c2ccc(F)cc2)c(F)c1F. The Bertz CT molecular complexity index is 582. The largest absolute Gasteiger partial charge is 0.271 e. The molecule has 2 aromatic carbocycles. The third-order valence-corrected chi connectivity index (χ3v) is 2.99. The molecule has 0 saturated carbocycles. The number of aryl methyl sites for hydroxylation is 1. The van der Waals surface area contributed by atoms with Crippen LogP contribution in [0.15, 0.2) is 36.4 Å². The topological polar surface area (TPSA) is 38.0 Å². The third-order valence-electron chi connectivity index (χ3n) is 2.99. The Kier molecular flexibility index (Phi) is 3.87. The molecule has 0 fully saturated rings. The molecule has 100 valence electrons. The Hall–Kier alpha value is -1.85. The number of nitrogens with two attached hydrogens (primary N) is 1. The predicted molar refractivity (Wildman–Crippen MR) is 66.7 cm³/mol. The van der Waals surface area contributed by atoms with Gasteiger partial charge in [-0.3, -0.25) is 5.84 Å². The van der Waals surface area contributed by atoms with E-state index in [-0.39, 0.29) is 11.1 Å². The molecule has 1 unspecified atom stereocenters. The first-order valence-corrected chi connectivity index (χ1v) is 5.70. The standard InChI is InChI=1S/C14H13F3N2/c1-8-2-7-11(13(17)12(8)16)14(19-18)9-3-5-10(15)6-4-9/h2-7,14,19H,18H2,1H3. The zero-order valence-corrected chi connectivity index (χ0v) is 10.3. The van der Waals surface area contributed by atoms with Crippen molar-refractivity contribution in [3.63, 3.8) is 0 Å². The molecule has 0 bridgehead atoms. The molecule has 0 aliphatic rings. The highest BCUT2D eigenvalue weighted by Gasteiger charge is 2.20. The van der Waals surface area contributed by atoms with E-state index in [2.05, 4.69) is 5.43 Å².